The molecule has 15 heavy (non-hydrogen) atoms. The van der Waals surface area contributed by atoms with Gasteiger partial charge < -0.3 is 4.42 Å². The van der Waals surface area contributed by atoms with Crippen LogP contribution in [0.2, 0.25) is 0 Å². The van der Waals surface area contributed by atoms with Gasteiger partial charge in [0.05, 0.1) is 12.5 Å². The summed E-state index contributed by atoms with van der Waals surface area (Å²) in [6.45, 7) is 8.93. The molecular weight excluding hydrogens is 224 g/mol. The Hall–Kier alpha value is -0.0200. The average Bonchev–Trinajstić information content (AvgIpc) is 2.51. The highest BCUT2D eigenvalue weighted by atomic mass is 33.1. The van der Waals surface area contributed by atoms with Crippen LogP contribution in [-0.2, 0) is 12.2 Å². The monoisotopic (exact) mass is 244 g/mol. The minimum absolute atomic E-state index is 0.690. The Kier molecular flexibility index (Phi) is 5.69. The minimum Gasteiger partial charge on any atom is -0.472 e. The number of hydrogen-bond acceptors (Lipinski definition) is 3. The van der Waals surface area contributed by atoms with Gasteiger partial charge in [-0.25, -0.2) is 0 Å². The van der Waals surface area contributed by atoms with Gasteiger partial charge in [-0.3, -0.25) is 0 Å². The fourth-order valence-electron chi connectivity index (χ4n) is 1.33. The zero-order valence-electron chi connectivity index (χ0n) is 9.95. The second-order valence-electron chi connectivity index (χ2n) is 4.43. The van der Waals surface area contributed by atoms with Crippen LogP contribution in [-0.4, -0.2) is 5.25 Å². The molecule has 0 saturated heterocycles. The normalized spacial score (nSPS) is 11.6. The van der Waals surface area contributed by atoms with Gasteiger partial charge in [0.1, 0.15) is 0 Å². The quantitative estimate of drug-likeness (QED) is 0.669. The van der Waals surface area contributed by atoms with Gasteiger partial charge in [0, 0.05) is 16.6 Å². The van der Waals surface area contributed by atoms with Crippen molar-refractivity contribution >= 4 is 21.6 Å². The van der Waals surface area contributed by atoms with Crippen molar-refractivity contribution in [2.24, 2.45) is 5.92 Å². The Morgan fingerprint density at radius 3 is 2.40 bits per heavy atom. The van der Waals surface area contributed by atoms with Crippen molar-refractivity contribution in [2.75, 3.05) is 0 Å². The maximum Gasteiger partial charge on any atom is 0.0946 e. The standard InChI is InChI=1S/C12H20OS2/c1-9(2)5-11-6-13-7-12(11)8-14-15-10(3)4/h6-7,9-10H,5,8H2,1-4H3. The average molecular weight is 244 g/mol. The van der Waals surface area contributed by atoms with Crippen molar-refractivity contribution < 1.29 is 4.42 Å². The van der Waals surface area contributed by atoms with Gasteiger partial charge in [0.2, 0.25) is 0 Å². The molecule has 0 atom stereocenters. The van der Waals surface area contributed by atoms with Crippen molar-refractivity contribution in [3.8, 4) is 0 Å². The molecular formula is C12H20OS2. The third kappa shape index (κ3) is 5.03. The molecule has 0 spiro atoms. The highest BCUT2D eigenvalue weighted by Crippen LogP contribution is 2.31. The second kappa shape index (κ2) is 6.54. The Labute approximate surface area is 101 Å². The highest BCUT2D eigenvalue weighted by molar-refractivity contribution is 8.76. The molecule has 1 aromatic rings. The first-order chi connectivity index (χ1) is 7.09. The number of rotatable bonds is 6. The SMILES string of the molecule is CC(C)Cc1cocc1CSSC(C)C. The first kappa shape index (κ1) is 13.0. The van der Waals surface area contributed by atoms with E-state index in [-0.39, 0.29) is 0 Å². The number of hydrogen-bond donors (Lipinski definition) is 0. The first-order valence-corrected chi connectivity index (χ1v) is 7.80. The molecule has 0 aliphatic carbocycles. The van der Waals surface area contributed by atoms with E-state index < -0.39 is 0 Å². The summed E-state index contributed by atoms with van der Waals surface area (Å²) in [5.74, 6) is 1.76. The molecule has 0 amide bonds. The molecule has 0 radical (unpaired) electrons. The summed E-state index contributed by atoms with van der Waals surface area (Å²) in [6, 6.07) is 0. The van der Waals surface area contributed by atoms with E-state index in [0.717, 1.165) is 12.2 Å². The van der Waals surface area contributed by atoms with E-state index >= 15 is 0 Å². The summed E-state index contributed by atoms with van der Waals surface area (Å²) in [5, 5.41) is 0.690. The molecule has 1 nitrogen and oxygen atoms in total. The molecule has 3 heteroatoms. The Morgan fingerprint density at radius 2 is 1.80 bits per heavy atom. The minimum atomic E-state index is 0.690. The smallest absolute Gasteiger partial charge is 0.0946 e. The zero-order valence-corrected chi connectivity index (χ0v) is 11.6. The second-order valence-corrected chi connectivity index (χ2v) is 7.37. The molecule has 1 aromatic heterocycles. The van der Waals surface area contributed by atoms with Crippen LogP contribution in [0.3, 0.4) is 0 Å². The van der Waals surface area contributed by atoms with E-state index in [0.29, 0.717) is 11.2 Å². The first-order valence-electron chi connectivity index (χ1n) is 5.41. The molecule has 0 bridgehead atoms. The summed E-state index contributed by atoms with van der Waals surface area (Å²) in [6.07, 6.45) is 4.92. The fourth-order valence-corrected chi connectivity index (χ4v) is 3.45. The predicted octanol–water partition coefficient (Wildman–Crippen LogP) is 4.77. The third-order valence-electron chi connectivity index (χ3n) is 1.94. The van der Waals surface area contributed by atoms with Crippen molar-refractivity contribution in [2.45, 2.75) is 45.1 Å². The summed E-state index contributed by atoms with van der Waals surface area (Å²) in [7, 11) is 3.85. The molecule has 0 fully saturated rings. The van der Waals surface area contributed by atoms with Gasteiger partial charge in [-0.05, 0) is 17.9 Å². The molecule has 0 aromatic carbocycles. The van der Waals surface area contributed by atoms with E-state index in [1.54, 1.807) is 0 Å². The van der Waals surface area contributed by atoms with Gasteiger partial charge in [0.25, 0.3) is 0 Å². The van der Waals surface area contributed by atoms with Crippen LogP contribution >= 0.6 is 21.6 Å². The van der Waals surface area contributed by atoms with Crippen LogP contribution in [0, 0.1) is 5.92 Å². The lowest BCUT2D eigenvalue weighted by atomic mass is 10.0. The largest absolute Gasteiger partial charge is 0.472 e. The van der Waals surface area contributed by atoms with Crippen LogP contribution in [0.5, 0.6) is 0 Å². The van der Waals surface area contributed by atoms with Crippen molar-refractivity contribution in [1.29, 1.82) is 0 Å². The summed E-state index contributed by atoms with van der Waals surface area (Å²) in [4.78, 5) is 0. The maximum absolute atomic E-state index is 5.28. The van der Waals surface area contributed by atoms with Gasteiger partial charge in [-0.1, -0.05) is 49.3 Å². The van der Waals surface area contributed by atoms with Gasteiger partial charge in [0.15, 0.2) is 0 Å². The number of furan rings is 1. The Morgan fingerprint density at radius 1 is 1.13 bits per heavy atom. The van der Waals surface area contributed by atoms with E-state index in [4.69, 9.17) is 4.42 Å². The Balaban J connectivity index is 2.43. The molecule has 0 aliphatic heterocycles. The van der Waals surface area contributed by atoms with E-state index in [1.807, 2.05) is 34.1 Å². The van der Waals surface area contributed by atoms with Crippen LogP contribution in [0.4, 0.5) is 0 Å². The van der Waals surface area contributed by atoms with Crippen molar-refractivity contribution in [3.05, 3.63) is 23.7 Å². The van der Waals surface area contributed by atoms with Crippen LogP contribution in [0.1, 0.15) is 38.8 Å². The summed E-state index contributed by atoms with van der Waals surface area (Å²) >= 11 is 0. The topological polar surface area (TPSA) is 13.1 Å². The van der Waals surface area contributed by atoms with Gasteiger partial charge in [-0.2, -0.15) is 0 Å². The van der Waals surface area contributed by atoms with Crippen molar-refractivity contribution in [1.82, 2.24) is 0 Å². The molecule has 0 saturated carbocycles. The van der Waals surface area contributed by atoms with Crippen LogP contribution in [0.25, 0.3) is 0 Å². The van der Waals surface area contributed by atoms with Crippen molar-refractivity contribution in [3.63, 3.8) is 0 Å². The van der Waals surface area contributed by atoms with Gasteiger partial charge in [-0.15, -0.1) is 0 Å². The van der Waals surface area contributed by atoms with Crippen LogP contribution in [0.15, 0.2) is 16.9 Å². The molecule has 86 valence electrons. The molecule has 0 unspecified atom stereocenters. The third-order valence-corrected chi connectivity index (χ3v) is 4.80. The lowest BCUT2D eigenvalue weighted by molar-refractivity contribution is 0.556. The fraction of sp³-hybridized carbons (Fsp3) is 0.667. The highest BCUT2D eigenvalue weighted by Gasteiger charge is 2.08. The van der Waals surface area contributed by atoms with E-state index in [9.17, 15) is 0 Å². The van der Waals surface area contributed by atoms with Crippen LogP contribution < -0.4 is 0 Å². The van der Waals surface area contributed by atoms with E-state index in [2.05, 4.69) is 27.7 Å². The van der Waals surface area contributed by atoms with Gasteiger partial charge >= 0.3 is 0 Å². The maximum atomic E-state index is 5.28. The molecule has 0 N–H and O–H groups in total. The summed E-state index contributed by atoms with van der Waals surface area (Å²) < 4.78 is 5.28. The zero-order chi connectivity index (χ0) is 11.3. The predicted molar refractivity (Wildman–Crippen MR) is 71.3 cm³/mol. The lowest BCUT2D eigenvalue weighted by Crippen LogP contribution is -1.95. The lowest BCUT2D eigenvalue weighted by Gasteiger charge is -2.06. The summed E-state index contributed by atoms with van der Waals surface area (Å²) in [5.41, 5.74) is 2.74. The molecule has 1 heterocycles. The van der Waals surface area contributed by atoms with E-state index in [1.165, 1.54) is 11.1 Å². The molecule has 0 aliphatic rings. The molecule has 1 rings (SSSR count). The Bertz CT molecular complexity index is 279.